The zero-order chi connectivity index (χ0) is 14.3. The highest BCUT2D eigenvalue weighted by Gasteiger charge is 2.26. The molecule has 1 aliphatic carbocycles. The van der Waals surface area contributed by atoms with E-state index < -0.39 is 0 Å². The Morgan fingerprint density at radius 2 is 2.00 bits per heavy atom. The number of halogens is 2. The lowest BCUT2D eigenvalue weighted by atomic mass is 10.2. The fourth-order valence-electron chi connectivity index (χ4n) is 1.62. The van der Waals surface area contributed by atoms with Gasteiger partial charge >= 0.3 is 0 Å². The Labute approximate surface area is 124 Å². The van der Waals surface area contributed by atoms with Gasteiger partial charge in [0.05, 0.1) is 15.7 Å². The number of carbonyl (C=O) groups is 1. The summed E-state index contributed by atoms with van der Waals surface area (Å²) < 4.78 is 5.04. The minimum atomic E-state index is -0.352. The van der Waals surface area contributed by atoms with E-state index in [-0.39, 0.29) is 39.4 Å². The van der Waals surface area contributed by atoms with E-state index in [0.717, 1.165) is 12.8 Å². The van der Waals surface area contributed by atoms with Crippen LogP contribution in [-0.4, -0.2) is 22.1 Å². The van der Waals surface area contributed by atoms with Crippen LogP contribution >= 0.6 is 23.2 Å². The molecule has 0 saturated heterocycles. The van der Waals surface area contributed by atoms with Crippen LogP contribution in [0, 0.1) is 0 Å². The molecular formula is C12H10Cl2N4O2. The van der Waals surface area contributed by atoms with Gasteiger partial charge in [0.25, 0.3) is 17.6 Å². The Kier molecular flexibility index (Phi) is 3.27. The predicted octanol–water partition coefficient (Wildman–Crippen LogP) is 2.52. The molecule has 1 saturated carbocycles. The van der Waals surface area contributed by atoms with Crippen LogP contribution in [-0.2, 0) is 0 Å². The third-order valence-electron chi connectivity index (χ3n) is 2.87. The number of aromatic nitrogens is 2. The quantitative estimate of drug-likeness (QED) is 0.849. The van der Waals surface area contributed by atoms with Crippen LogP contribution in [0.5, 0.6) is 0 Å². The van der Waals surface area contributed by atoms with Gasteiger partial charge in [-0.3, -0.25) is 4.79 Å². The number of amides is 1. The first-order chi connectivity index (χ1) is 9.54. The van der Waals surface area contributed by atoms with Crippen molar-refractivity contribution in [1.29, 1.82) is 0 Å². The second-order valence-corrected chi connectivity index (χ2v) is 5.34. The molecule has 0 radical (unpaired) electrons. The number of anilines is 1. The van der Waals surface area contributed by atoms with Gasteiger partial charge in [-0.25, -0.2) is 0 Å². The Balaban J connectivity index is 1.87. The minimum Gasteiger partial charge on any atom is -0.396 e. The average Bonchev–Trinajstić information content (AvgIpc) is 3.08. The molecule has 1 aromatic heterocycles. The second kappa shape index (κ2) is 4.96. The molecule has 104 valence electrons. The Bertz CT molecular complexity index is 659. The summed E-state index contributed by atoms with van der Waals surface area (Å²) in [5.74, 6) is -0.208. The van der Waals surface area contributed by atoms with Crippen molar-refractivity contribution in [2.45, 2.75) is 18.9 Å². The highest BCUT2D eigenvalue weighted by molar-refractivity contribution is 6.39. The molecule has 0 unspecified atom stereocenters. The van der Waals surface area contributed by atoms with Crippen molar-refractivity contribution in [3.05, 3.63) is 28.0 Å². The lowest BCUT2D eigenvalue weighted by Crippen LogP contribution is -2.26. The highest BCUT2D eigenvalue weighted by Crippen LogP contribution is 2.32. The van der Waals surface area contributed by atoms with Gasteiger partial charge in [-0.2, -0.15) is 4.98 Å². The van der Waals surface area contributed by atoms with Gasteiger partial charge in [0.1, 0.15) is 0 Å². The van der Waals surface area contributed by atoms with E-state index in [9.17, 15) is 4.79 Å². The van der Waals surface area contributed by atoms with Crippen LogP contribution < -0.4 is 11.1 Å². The van der Waals surface area contributed by atoms with Gasteiger partial charge in [0.15, 0.2) is 0 Å². The fraction of sp³-hybridized carbons (Fsp3) is 0.250. The molecule has 0 aliphatic heterocycles. The maximum absolute atomic E-state index is 11.8. The fourth-order valence-corrected chi connectivity index (χ4v) is 2.11. The molecule has 1 fully saturated rings. The zero-order valence-corrected chi connectivity index (χ0v) is 11.7. The van der Waals surface area contributed by atoms with Crippen molar-refractivity contribution >= 4 is 34.8 Å². The van der Waals surface area contributed by atoms with Gasteiger partial charge in [-0.1, -0.05) is 28.4 Å². The molecule has 1 aromatic carbocycles. The van der Waals surface area contributed by atoms with Crippen LogP contribution in [0.1, 0.15) is 23.5 Å². The molecule has 1 aliphatic rings. The van der Waals surface area contributed by atoms with Gasteiger partial charge in [0.2, 0.25) is 0 Å². The molecule has 8 heteroatoms. The van der Waals surface area contributed by atoms with Crippen molar-refractivity contribution in [1.82, 2.24) is 15.5 Å². The van der Waals surface area contributed by atoms with E-state index in [1.807, 2.05) is 0 Å². The van der Waals surface area contributed by atoms with Gasteiger partial charge < -0.3 is 15.6 Å². The molecule has 1 amide bonds. The summed E-state index contributed by atoms with van der Waals surface area (Å²) >= 11 is 11.9. The number of nitrogens with two attached hydrogens (primary N) is 1. The SMILES string of the molecule is Nc1c(Cl)cc(-c2nc(C(=O)NC3CC3)no2)cc1Cl. The average molecular weight is 313 g/mol. The molecule has 1 heterocycles. The number of nitrogens with zero attached hydrogens (tertiary/aromatic N) is 2. The third kappa shape index (κ3) is 2.57. The highest BCUT2D eigenvalue weighted by atomic mass is 35.5. The number of benzene rings is 1. The number of carbonyl (C=O) groups excluding carboxylic acids is 1. The summed E-state index contributed by atoms with van der Waals surface area (Å²) in [6.07, 6.45) is 1.97. The van der Waals surface area contributed by atoms with Crippen molar-refractivity contribution in [2.24, 2.45) is 0 Å². The van der Waals surface area contributed by atoms with Crippen molar-refractivity contribution in [2.75, 3.05) is 5.73 Å². The molecular weight excluding hydrogens is 303 g/mol. The number of nitrogen functional groups attached to an aromatic ring is 1. The lowest BCUT2D eigenvalue weighted by Gasteiger charge is -2.02. The van der Waals surface area contributed by atoms with Gasteiger partial charge in [-0.05, 0) is 25.0 Å². The Hall–Kier alpha value is -1.79. The first-order valence-corrected chi connectivity index (χ1v) is 6.69. The van der Waals surface area contributed by atoms with E-state index >= 15 is 0 Å². The topological polar surface area (TPSA) is 94.0 Å². The standard InChI is InChI=1S/C12H10Cl2N4O2/c13-7-3-5(4-8(14)9(7)15)12-17-10(18-20-12)11(19)16-6-1-2-6/h3-4,6H,1-2,15H2,(H,16,19). The number of nitrogens with one attached hydrogen (secondary N) is 1. The number of hydrogen-bond acceptors (Lipinski definition) is 5. The maximum atomic E-state index is 11.8. The zero-order valence-electron chi connectivity index (χ0n) is 10.2. The summed E-state index contributed by atoms with van der Waals surface area (Å²) in [6.45, 7) is 0. The summed E-state index contributed by atoms with van der Waals surface area (Å²) in [4.78, 5) is 15.8. The van der Waals surface area contributed by atoms with Crippen LogP contribution in [0.4, 0.5) is 5.69 Å². The first-order valence-electron chi connectivity index (χ1n) is 5.94. The van der Waals surface area contributed by atoms with E-state index in [0.29, 0.717) is 5.56 Å². The number of rotatable bonds is 3. The summed E-state index contributed by atoms with van der Waals surface area (Å²) in [5.41, 5.74) is 6.44. The molecule has 3 N–H and O–H groups in total. The van der Waals surface area contributed by atoms with Crippen molar-refractivity contribution < 1.29 is 9.32 Å². The molecule has 3 rings (SSSR count). The summed E-state index contributed by atoms with van der Waals surface area (Å²) in [7, 11) is 0. The van der Waals surface area contributed by atoms with Crippen LogP contribution in [0.25, 0.3) is 11.5 Å². The summed E-state index contributed by atoms with van der Waals surface area (Å²) in [6, 6.07) is 3.34. The molecule has 6 nitrogen and oxygen atoms in total. The Morgan fingerprint density at radius 1 is 1.35 bits per heavy atom. The second-order valence-electron chi connectivity index (χ2n) is 4.52. The summed E-state index contributed by atoms with van der Waals surface area (Å²) in [5, 5.41) is 6.98. The van der Waals surface area contributed by atoms with E-state index in [1.54, 1.807) is 12.1 Å². The molecule has 2 aromatic rings. The van der Waals surface area contributed by atoms with Gasteiger partial charge in [-0.15, -0.1) is 0 Å². The normalized spacial score (nSPS) is 14.3. The molecule has 0 atom stereocenters. The van der Waals surface area contributed by atoms with E-state index in [4.69, 9.17) is 33.5 Å². The van der Waals surface area contributed by atoms with Crippen LogP contribution in [0.3, 0.4) is 0 Å². The van der Waals surface area contributed by atoms with Crippen molar-refractivity contribution in [3.8, 4) is 11.5 Å². The first kappa shape index (κ1) is 13.2. The third-order valence-corrected chi connectivity index (χ3v) is 3.49. The van der Waals surface area contributed by atoms with Gasteiger partial charge in [0, 0.05) is 11.6 Å². The van der Waals surface area contributed by atoms with Crippen LogP contribution in [0.2, 0.25) is 10.0 Å². The smallest absolute Gasteiger partial charge is 0.292 e. The molecule has 0 spiro atoms. The molecule has 0 bridgehead atoms. The van der Waals surface area contributed by atoms with E-state index in [2.05, 4.69) is 15.5 Å². The lowest BCUT2D eigenvalue weighted by molar-refractivity contribution is 0.0937. The largest absolute Gasteiger partial charge is 0.396 e. The predicted molar refractivity (Wildman–Crippen MR) is 74.7 cm³/mol. The van der Waals surface area contributed by atoms with Crippen molar-refractivity contribution in [3.63, 3.8) is 0 Å². The van der Waals surface area contributed by atoms with Crippen LogP contribution in [0.15, 0.2) is 16.7 Å². The van der Waals surface area contributed by atoms with E-state index in [1.165, 1.54) is 0 Å². The number of hydrogen-bond donors (Lipinski definition) is 2. The maximum Gasteiger partial charge on any atom is 0.292 e. The Morgan fingerprint density at radius 3 is 2.60 bits per heavy atom. The molecule has 20 heavy (non-hydrogen) atoms. The monoisotopic (exact) mass is 312 g/mol. The minimum absolute atomic E-state index is 0.0176.